The van der Waals surface area contributed by atoms with E-state index in [0.29, 0.717) is 15.6 Å². The molecule has 0 aromatic heterocycles. The van der Waals surface area contributed by atoms with Gasteiger partial charge in [0.05, 0.1) is 5.57 Å². The highest BCUT2D eigenvalue weighted by Crippen LogP contribution is 2.57. The van der Waals surface area contributed by atoms with Gasteiger partial charge >= 0.3 is 6.18 Å². The third kappa shape index (κ3) is 3.35. The van der Waals surface area contributed by atoms with E-state index in [-0.39, 0.29) is 16.7 Å². The Bertz CT molecular complexity index is 978. The Morgan fingerprint density at radius 3 is 1.77 bits per heavy atom. The van der Waals surface area contributed by atoms with Crippen LogP contribution in [0.5, 0.6) is 0 Å². The molecule has 0 saturated heterocycles. The molecule has 0 amide bonds. The van der Waals surface area contributed by atoms with E-state index in [9.17, 15) is 22.8 Å². The molecule has 26 heavy (non-hydrogen) atoms. The molecule has 0 heterocycles. The number of alkyl halides is 3. The summed E-state index contributed by atoms with van der Waals surface area (Å²) in [6.45, 7) is 0. The van der Waals surface area contributed by atoms with Crippen LogP contribution in [-0.4, -0.2) is 6.18 Å². The molecule has 0 spiro atoms. The quantitative estimate of drug-likeness (QED) is 0.398. The highest BCUT2D eigenvalue weighted by Gasteiger charge is 2.48. The molecule has 0 unspecified atom stereocenters. The van der Waals surface area contributed by atoms with Crippen molar-refractivity contribution in [2.24, 2.45) is 0 Å². The van der Waals surface area contributed by atoms with Gasteiger partial charge in [-0.3, -0.25) is 0 Å². The highest BCUT2D eigenvalue weighted by molar-refractivity contribution is 9.15. The molecule has 1 nitrogen and oxygen atoms in total. The van der Waals surface area contributed by atoms with E-state index >= 15 is 0 Å². The van der Waals surface area contributed by atoms with Crippen molar-refractivity contribution < 1.29 is 17.6 Å². The molecule has 1 aliphatic carbocycles. The highest BCUT2D eigenvalue weighted by atomic mass is 79.9. The zero-order valence-corrected chi connectivity index (χ0v) is 14.7. The van der Waals surface area contributed by atoms with Gasteiger partial charge in [0.15, 0.2) is 0 Å². The zero-order valence-electron chi connectivity index (χ0n) is 13.1. The average molecular weight is 420 g/mol. The largest absolute Gasteiger partial charge is 0.443 e. The Morgan fingerprint density at radius 2 is 1.31 bits per heavy atom. The molecule has 2 aromatic carbocycles. The van der Waals surface area contributed by atoms with Crippen LogP contribution in [0.2, 0.25) is 0 Å². The molecule has 3 rings (SSSR count). The number of nitriles is 1. The fourth-order valence-electron chi connectivity index (χ4n) is 2.62. The van der Waals surface area contributed by atoms with Crippen molar-refractivity contribution in [3.8, 4) is 6.07 Å². The summed E-state index contributed by atoms with van der Waals surface area (Å²) in [5.41, 5.74) is 0.489. The van der Waals surface area contributed by atoms with Crippen LogP contribution in [0.1, 0.15) is 11.1 Å². The zero-order chi connectivity index (χ0) is 18.9. The van der Waals surface area contributed by atoms with Gasteiger partial charge in [-0.25, -0.2) is 4.39 Å². The second-order valence-electron chi connectivity index (χ2n) is 5.47. The van der Waals surface area contributed by atoms with Gasteiger partial charge in [-0.1, -0.05) is 60.7 Å². The number of allylic oxidation sites excluding steroid dienone is 5. The fraction of sp³-hybridized carbons (Fsp3) is 0.0500. The molecular weight excluding hydrogens is 410 g/mol. The van der Waals surface area contributed by atoms with Gasteiger partial charge in [0.2, 0.25) is 5.83 Å². The molecule has 130 valence electrons. The van der Waals surface area contributed by atoms with Crippen molar-refractivity contribution in [1.82, 2.24) is 0 Å². The number of benzene rings is 2. The number of hydrogen-bond donors (Lipinski definition) is 0. The summed E-state index contributed by atoms with van der Waals surface area (Å²) in [6, 6.07) is 18.7. The van der Waals surface area contributed by atoms with Crippen LogP contribution in [0.25, 0.3) is 10.1 Å². The third-order valence-corrected chi connectivity index (χ3v) is 4.68. The summed E-state index contributed by atoms with van der Waals surface area (Å²) >= 11 is 3.27. The summed E-state index contributed by atoms with van der Waals surface area (Å²) in [6.07, 6.45) is -5.12. The van der Waals surface area contributed by atoms with Crippen LogP contribution in [0.15, 0.2) is 83.2 Å². The van der Waals surface area contributed by atoms with E-state index in [0.717, 1.165) is 0 Å². The van der Waals surface area contributed by atoms with Crippen LogP contribution >= 0.6 is 15.9 Å². The minimum Gasteiger partial charge on any atom is -0.201 e. The first-order chi connectivity index (χ1) is 12.4. The molecule has 0 aliphatic heterocycles. The molecule has 0 N–H and O–H groups in total. The standard InChI is InChI=1S/C20H10BrF4N/c21-18(13-9-5-2-6-10-13)16-15(17(16)19(22)20(23,24)25)14(11-26)12-7-3-1-4-8-12/h1-10H/b15-14+,18-16?,19-17+. The molecule has 6 heteroatoms. The van der Waals surface area contributed by atoms with Crippen LogP contribution in [-0.2, 0) is 0 Å². The molecule has 0 radical (unpaired) electrons. The molecule has 0 atom stereocenters. The second kappa shape index (κ2) is 6.93. The summed E-state index contributed by atoms with van der Waals surface area (Å²) in [7, 11) is 0. The van der Waals surface area contributed by atoms with E-state index in [1.54, 1.807) is 60.7 Å². The fourth-order valence-corrected chi connectivity index (χ4v) is 3.28. The Morgan fingerprint density at radius 1 is 0.808 bits per heavy atom. The van der Waals surface area contributed by atoms with Crippen molar-refractivity contribution in [2.45, 2.75) is 6.18 Å². The lowest BCUT2D eigenvalue weighted by atomic mass is 10.1. The smallest absolute Gasteiger partial charge is 0.201 e. The normalized spacial score (nSPS) is 19.5. The second-order valence-corrected chi connectivity index (χ2v) is 6.26. The first-order valence-electron chi connectivity index (χ1n) is 7.49. The molecule has 2 aromatic rings. The van der Waals surface area contributed by atoms with E-state index in [1.165, 1.54) is 0 Å². The van der Waals surface area contributed by atoms with Crippen molar-refractivity contribution in [3.05, 3.63) is 94.3 Å². The SMILES string of the molecule is N#C/C(=C1/C(=C(Br)c2ccccc2)/C1=C(/F)C(F)(F)F)c1ccccc1. The molecule has 1 aliphatic rings. The maximum Gasteiger partial charge on any atom is 0.443 e. The van der Waals surface area contributed by atoms with Gasteiger partial charge in [-0.15, -0.1) is 0 Å². The van der Waals surface area contributed by atoms with Crippen LogP contribution < -0.4 is 0 Å². The van der Waals surface area contributed by atoms with Crippen molar-refractivity contribution in [3.63, 3.8) is 0 Å². The lowest BCUT2D eigenvalue weighted by Gasteiger charge is -2.00. The lowest BCUT2D eigenvalue weighted by molar-refractivity contribution is -0.109. The van der Waals surface area contributed by atoms with Gasteiger partial charge in [-0.05, 0) is 27.1 Å². The summed E-state index contributed by atoms with van der Waals surface area (Å²) in [4.78, 5) is 0. The lowest BCUT2D eigenvalue weighted by Crippen LogP contribution is -2.07. The maximum atomic E-state index is 14.0. The van der Waals surface area contributed by atoms with Gasteiger partial charge in [0, 0.05) is 21.2 Å². The Hall–Kier alpha value is -2.65. The van der Waals surface area contributed by atoms with E-state index in [4.69, 9.17) is 0 Å². The average Bonchev–Trinajstić information content (AvgIpc) is 3.36. The van der Waals surface area contributed by atoms with Gasteiger partial charge < -0.3 is 0 Å². The Balaban J connectivity index is 2.30. The van der Waals surface area contributed by atoms with Gasteiger partial charge in [0.1, 0.15) is 6.07 Å². The Labute approximate surface area is 155 Å². The van der Waals surface area contributed by atoms with Crippen LogP contribution in [0.3, 0.4) is 0 Å². The predicted molar refractivity (Wildman–Crippen MR) is 95.5 cm³/mol. The Kier molecular flexibility index (Phi) is 4.84. The maximum absolute atomic E-state index is 14.0. The summed E-state index contributed by atoms with van der Waals surface area (Å²) in [5.74, 6) is -2.20. The first-order valence-corrected chi connectivity index (χ1v) is 8.28. The number of hydrogen-bond acceptors (Lipinski definition) is 1. The van der Waals surface area contributed by atoms with E-state index in [1.807, 2.05) is 6.07 Å². The van der Waals surface area contributed by atoms with E-state index in [2.05, 4.69) is 15.9 Å². The van der Waals surface area contributed by atoms with Gasteiger partial charge in [-0.2, -0.15) is 18.4 Å². The van der Waals surface area contributed by atoms with Gasteiger partial charge in [0.25, 0.3) is 0 Å². The number of rotatable bonds is 2. The predicted octanol–water partition coefficient (Wildman–Crippen LogP) is 6.57. The van der Waals surface area contributed by atoms with Crippen molar-refractivity contribution in [1.29, 1.82) is 5.26 Å². The monoisotopic (exact) mass is 419 g/mol. The third-order valence-electron chi connectivity index (χ3n) is 3.83. The molecule has 1 fully saturated rings. The summed E-state index contributed by atoms with van der Waals surface area (Å²) < 4.78 is 53.2. The van der Waals surface area contributed by atoms with E-state index < -0.39 is 17.6 Å². The minimum atomic E-state index is -5.12. The van der Waals surface area contributed by atoms with Crippen LogP contribution in [0.4, 0.5) is 17.6 Å². The molecule has 1 saturated carbocycles. The molecular formula is C20H10BrF4N. The van der Waals surface area contributed by atoms with Crippen molar-refractivity contribution >= 4 is 26.0 Å². The minimum absolute atomic E-state index is 0.00267. The first kappa shape index (κ1) is 18.2. The van der Waals surface area contributed by atoms with Crippen molar-refractivity contribution in [2.75, 3.05) is 0 Å². The van der Waals surface area contributed by atoms with Crippen LogP contribution in [0, 0.1) is 11.3 Å². The number of halogens is 5. The number of nitrogens with zero attached hydrogens (tertiary/aromatic N) is 1. The molecule has 0 bridgehead atoms. The summed E-state index contributed by atoms with van der Waals surface area (Å²) in [5, 5.41) is 9.49. The topological polar surface area (TPSA) is 23.8 Å².